The third kappa shape index (κ3) is 2.33. The van der Waals surface area contributed by atoms with Crippen LogP contribution in [0.15, 0.2) is 18.2 Å². The molecule has 2 aromatic rings. The van der Waals surface area contributed by atoms with E-state index < -0.39 is 9.84 Å². The highest BCUT2D eigenvalue weighted by molar-refractivity contribution is 7.90. The maximum atomic E-state index is 11.1. The molecule has 2 rings (SSSR count). The summed E-state index contributed by atoms with van der Waals surface area (Å²) in [5.41, 5.74) is 1.34. The summed E-state index contributed by atoms with van der Waals surface area (Å²) >= 11 is 6.00. The van der Waals surface area contributed by atoms with Gasteiger partial charge in [-0.25, -0.2) is 13.1 Å². The molecular weight excluding hydrogens is 250 g/mol. The zero-order valence-corrected chi connectivity index (χ0v) is 10.2. The number of aryl methyl sites for hydroxylation is 1. The molecular formula is C9H10ClN3O2S. The van der Waals surface area contributed by atoms with Gasteiger partial charge in [-0.3, -0.25) is 0 Å². The summed E-state index contributed by atoms with van der Waals surface area (Å²) in [7, 11) is -3.01. The van der Waals surface area contributed by atoms with Crippen molar-refractivity contribution >= 4 is 32.5 Å². The number of hydrogen-bond donors (Lipinski definition) is 0. The molecule has 0 saturated carbocycles. The van der Waals surface area contributed by atoms with Crippen molar-refractivity contribution in [3.63, 3.8) is 0 Å². The van der Waals surface area contributed by atoms with Crippen molar-refractivity contribution in [1.29, 1.82) is 0 Å². The maximum absolute atomic E-state index is 11.1. The Kier molecular flexibility index (Phi) is 2.86. The van der Waals surface area contributed by atoms with Crippen LogP contribution in [0, 0.1) is 0 Å². The first kappa shape index (κ1) is 11.3. The molecule has 16 heavy (non-hydrogen) atoms. The number of aromatic nitrogens is 3. The molecule has 0 aliphatic rings. The van der Waals surface area contributed by atoms with E-state index in [9.17, 15) is 8.42 Å². The summed E-state index contributed by atoms with van der Waals surface area (Å²) in [5, 5.41) is 8.31. The quantitative estimate of drug-likeness (QED) is 0.829. The van der Waals surface area contributed by atoms with Crippen LogP contribution in [0.1, 0.15) is 0 Å². The molecule has 0 saturated heterocycles. The van der Waals surface area contributed by atoms with E-state index in [4.69, 9.17) is 11.6 Å². The minimum absolute atomic E-state index is 0.0245. The first-order valence-corrected chi connectivity index (χ1v) is 7.07. The smallest absolute Gasteiger partial charge is 0.149 e. The number of nitrogens with zero attached hydrogens (tertiary/aromatic N) is 3. The van der Waals surface area contributed by atoms with Gasteiger partial charge in [0.15, 0.2) is 0 Å². The number of benzene rings is 1. The SMILES string of the molecule is CS(=O)(=O)CCn1nnc2cccc(Cl)c21. The Bertz CT molecular complexity index is 621. The average molecular weight is 260 g/mol. The van der Waals surface area contributed by atoms with Crippen LogP contribution in [-0.2, 0) is 16.4 Å². The molecule has 1 aromatic carbocycles. The standard InChI is InChI=1S/C9H10ClN3O2S/c1-16(14,15)6-5-13-9-7(10)3-2-4-8(9)11-12-13/h2-4H,5-6H2,1H3. The van der Waals surface area contributed by atoms with Gasteiger partial charge in [0, 0.05) is 6.26 Å². The van der Waals surface area contributed by atoms with Crippen LogP contribution in [0.4, 0.5) is 0 Å². The van der Waals surface area contributed by atoms with Gasteiger partial charge < -0.3 is 0 Å². The summed E-state index contributed by atoms with van der Waals surface area (Å²) in [6.45, 7) is 0.263. The van der Waals surface area contributed by atoms with Crippen LogP contribution in [0.2, 0.25) is 5.02 Å². The molecule has 0 fully saturated rings. The topological polar surface area (TPSA) is 64.8 Å². The fourth-order valence-electron chi connectivity index (χ4n) is 1.40. The molecule has 0 unspecified atom stereocenters. The Morgan fingerprint density at radius 1 is 1.44 bits per heavy atom. The Labute approximate surface area is 97.9 Å². The number of sulfone groups is 1. The highest BCUT2D eigenvalue weighted by atomic mass is 35.5. The highest BCUT2D eigenvalue weighted by Crippen LogP contribution is 2.20. The van der Waals surface area contributed by atoms with E-state index >= 15 is 0 Å². The van der Waals surface area contributed by atoms with Crippen LogP contribution >= 0.6 is 11.6 Å². The van der Waals surface area contributed by atoms with Crippen molar-refractivity contribution < 1.29 is 8.42 Å². The minimum atomic E-state index is -3.01. The molecule has 1 aromatic heterocycles. The molecule has 0 radical (unpaired) electrons. The molecule has 0 bridgehead atoms. The second-order valence-electron chi connectivity index (χ2n) is 3.55. The molecule has 0 spiro atoms. The largest absolute Gasteiger partial charge is 0.242 e. The minimum Gasteiger partial charge on any atom is -0.242 e. The van der Waals surface area contributed by atoms with Crippen LogP contribution in [0.3, 0.4) is 0 Å². The summed E-state index contributed by atoms with van der Waals surface area (Å²) in [5.74, 6) is 0.0245. The van der Waals surface area contributed by atoms with Gasteiger partial charge in [-0.15, -0.1) is 5.10 Å². The van der Waals surface area contributed by atoms with Gasteiger partial charge in [0.25, 0.3) is 0 Å². The van der Waals surface area contributed by atoms with E-state index in [1.54, 1.807) is 18.2 Å². The van der Waals surface area contributed by atoms with E-state index in [2.05, 4.69) is 10.3 Å². The Balaban J connectivity index is 2.39. The fraction of sp³-hybridized carbons (Fsp3) is 0.333. The lowest BCUT2D eigenvalue weighted by Crippen LogP contribution is -2.12. The predicted octanol–water partition coefficient (Wildman–Crippen LogP) is 1.13. The van der Waals surface area contributed by atoms with Crippen molar-refractivity contribution in [3.05, 3.63) is 23.2 Å². The second-order valence-corrected chi connectivity index (χ2v) is 6.22. The Hall–Kier alpha value is -1.14. The van der Waals surface area contributed by atoms with Crippen molar-refractivity contribution in [3.8, 4) is 0 Å². The monoisotopic (exact) mass is 259 g/mol. The summed E-state index contributed by atoms with van der Waals surface area (Å²) in [6, 6.07) is 5.29. The summed E-state index contributed by atoms with van der Waals surface area (Å²) in [6.07, 6.45) is 1.19. The van der Waals surface area contributed by atoms with Crippen LogP contribution < -0.4 is 0 Å². The summed E-state index contributed by atoms with van der Waals surface area (Å²) < 4.78 is 23.6. The zero-order chi connectivity index (χ0) is 11.8. The highest BCUT2D eigenvalue weighted by Gasteiger charge is 2.10. The van der Waals surface area contributed by atoms with Gasteiger partial charge in [0.2, 0.25) is 0 Å². The number of fused-ring (bicyclic) bond motifs is 1. The van der Waals surface area contributed by atoms with Gasteiger partial charge in [0.1, 0.15) is 20.9 Å². The molecule has 7 heteroatoms. The molecule has 0 aliphatic carbocycles. The molecule has 86 valence electrons. The van der Waals surface area contributed by atoms with Crippen molar-refractivity contribution in [2.75, 3.05) is 12.0 Å². The molecule has 0 amide bonds. The average Bonchev–Trinajstić information content (AvgIpc) is 2.58. The van der Waals surface area contributed by atoms with Crippen LogP contribution in [0.5, 0.6) is 0 Å². The second kappa shape index (κ2) is 4.03. The third-order valence-corrected chi connectivity index (χ3v) is 3.39. The van der Waals surface area contributed by atoms with Gasteiger partial charge in [-0.1, -0.05) is 22.9 Å². The third-order valence-electron chi connectivity index (χ3n) is 2.16. The van der Waals surface area contributed by atoms with Crippen LogP contribution in [0.25, 0.3) is 11.0 Å². The van der Waals surface area contributed by atoms with Gasteiger partial charge in [-0.2, -0.15) is 0 Å². The lowest BCUT2D eigenvalue weighted by Gasteiger charge is -2.01. The Morgan fingerprint density at radius 3 is 2.88 bits per heavy atom. The number of halogens is 1. The number of para-hydroxylation sites is 1. The fourth-order valence-corrected chi connectivity index (χ4v) is 2.17. The van der Waals surface area contributed by atoms with Gasteiger partial charge in [-0.05, 0) is 12.1 Å². The van der Waals surface area contributed by atoms with Crippen molar-refractivity contribution in [2.45, 2.75) is 6.54 Å². The van der Waals surface area contributed by atoms with E-state index in [1.165, 1.54) is 10.9 Å². The van der Waals surface area contributed by atoms with Crippen molar-refractivity contribution in [2.24, 2.45) is 0 Å². The first-order chi connectivity index (χ1) is 7.47. The van der Waals surface area contributed by atoms with Gasteiger partial charge in [0.05, 0.1) is 17.3 Å². The normalized spacial score (nSPS) is 12.1. The van der Waals surface area contributed by atoms with E-state index in [0.29, 0.717) is 16.1 Å². The molecule has 1 heterocycles. The van der Waals surface area contributed by atoms with E-state index in [1.807, 2.05) is 0 Å². The lowest BCUT2D eigenvalue weighted by molar-refractivity contribution is 0.585. The van der Waals surface area contributed by atoms with Crippen LogP contribution in [-0.4, -0.2) is 35.4 Å². The lowest BCUT2D eigenvalue weighted by atomic mass is 10.3. The number of hydrogen-bond acceptors (Lipinski definition) is 4. The Morgan fingerprint density at radius 2 is 2.19 bits per heavy atom. The van der Waals surface area contributed by atoms with Crippen molar-refractivity contribution in [1.82, 2.24) is 15.0 Å². The molecule has 0 atom stereocenters. The summed E-state index contributed by atoms with van der Waals surface area (Å²) in [4.78, 5) is 0. The first-order valence-electron chi connectivity index (χ1n) is 4.63. The predicted molar refractivity (Wildman–Crippen MR) is 62.2 cm³/mol. The molecule has 0 aliphatic heterocycles. The van der Waals surface area contributed by atoms with Gasteiger partial charge >= 0.3 is 0 Å². The zero-order valence-electron chi connectivity index (χ0n) is 8.59. The number of rotatable bonds is 3. The maximum Gasteiger partial charge on any atom is 0.149 e. The molecule has 5 nitrogen and oxygen atoms in total. The van der Waals surface area contributed by atoms with E-state index in [-0.39, 0.29) is 12.3 Å². The molecule has 0 N–H and O–H groups in total. The van der Waals surface area contributed by atoms with E-state index in [0.717, 1.165) is 0 Å².